The zero-order chi connectivity index (χ0) is 18.8. The predicted octanol–water partition coefficient (Wildman–Crippen LogP) is -0.657. The third-order valence-electron chi connectivity index (χ3n) is 3.49. The molecule has 0 spiro atoms. The number of quaternary nitrogens is 1. The van der Waals surface area contributed by atoms with Crippen molar-refractivity contribution in [1.29, 1.82) is 0 Å². The monoisotopic (exact) mass is 349 g/mol. The lowest BCUT2D eigenvalue weighted by Crippen LogP contribution is -3.11. The zero-order valence-corrected chi connectivity index (χ0v) is 15.4. The van der Waals surface area contributed by atoms with Crippen molar-refractivity contribution in [1.82, 2.24) is 10.6 Å². The summed E-state index contributed by atoms with van der Waals surface area (Å²) in [5.74, 6) is -0.646. The zero-order valence-electron chi connectivity index (χ0n) is 15.4. The molecule has 1 atom stereocenters. The molecule has 1 aromatic rings. The summed E-state index contributed by atoms with van der Waals surface area (Å²) in [5, 5.41) is 8.16. The van der Waals surface area contributed by atoms with Gasteiger partial charge in [0.25, 0.3) is 11.8 Å². The number of hydrogen-bond donors (Lipinski definition) is 4. The van der Waals surface area contributed by atoms with Gasteiger partial charge in [-0.1, -0.05) is 25.1 Å². The molecule has 7 heteroatoms. The number of rotatable bonds is 9. The van der Waals surface area contributed by atoms with Crippen molar-refractivity contribution in [3.8, 4) is 0 Å². The largest absolute Gasteiger partial charge is 0.349 e. The van der Waals surface area contributed by atoms with Gasteiger partial charge in [-0.05, 0) is 31.9 Å². The molecule has 0 saturated heterocycles. The van der Waals surface area contributed by atoms with Crippen molar-refractivity contribution in [2.45, 2.75) is 33.2 Å². The van der Waals surface area contributed by atoms with Crippen molar-refractivity contribution < 1.29 is 19.3 Å². The molecule has 1 aromatic carbocycles. The Morgan fingerprint density at radius 3 is 2.32 bits per heavy atom. The molecule has 138 valence electrons. The van der Waals surface area contributed by atoms with Crippen LogP contribution in [0.5, 0.6) is 0 Å². The number of nitrogens with one attached hydrogen (secondary N) is 4. The van der Waals surface area contributed by atoms with Crippen LogP contribution in [0, 0.1) is 0 Å². The maximum atomic E-state index is 12.0. The summed E-state index contributed by atoms with van der Waals surface area (Å²) in [7, 11) is 1.76. The average Bonchev–Trinajstić information content (AvgIpc) is 2.52. The van der Waals surface area contributed by atoms with E-state index in [4.69, 9.17) is 0 Å². The number of amides is 3. The maximum absolute atomic E-state index is 12.0. The fourth-order valence-electron chi connectivity index (χ4n) is 2.37. The van der Waals surface area contributed by atoms with Crippen LogP contribution in [0.15, 0.2) is 24.3 Å². The molecule has 0 bridgehead atoms. The topological polar surface area (TPSA) is 91.7 Å². The molecule has 1 unspecified atom stereocenters. The molecular weight excluding hydrogens is 320 g/mol. The molecule has 7 nitrogen and oxygen atoms in total. The lowest BCUT2D eigenvalue weighted by molar-refractivity contribution is -0.862. The summed E-state index contributed by atoms with van der Waals surface area (Å²) in [6.45, 7) is 6.03. The van der Waals surface area contributed by atoms with Gasteiger partial charge in [0, 0.05) is 11.7 Å². The Morgan fingerprint density at radius 2 is 1.68 bits per heavy atom. The highest BCUT2D eigenvalue weighted by Crippen LogP contribution is 2.14. The number of likely N-dealkylation sites (N-methyl/N-ethyl adjacent to an activating group) is 1. The fourth-order valence-corrected chi connectivity index (χ4v) is 2.37. The third kappa shape index (κ3) is 8.30. The lowest BCUT2D eigenvalue weighted by Gasteiger charge is -2.15. The second-order valence-electron chi connectivity index (χ2n) is 6.37. The van der Waals surface area contributed by atoms with E-state index in [-0.39, 0.29) is 43.4 Å². The Balaban J connectivity index is 2.35. The van der Waals surface area contributed by atoms with Crippen LogP contribution in [0.2, 0.25) is 0 Å². The van der Waals surface area contributed by atoms with Crippen LogP contribution in [0.1, 0.15) is 26.3 Å². The molecule has 0 fully saturated rings. The van der Waals surface area contributed by atoms with Gasteiger partial charge >= 0.3 is 0 Å². The third-order valence-corrected chi connectivity index (χ3v) is 3.49. The van der Waals surface area contributed by atoms with Gasteiger partial charge in [0.2, 0.25) is 5.91 Å². The first-order valence-corrected chi connectivity index (χ1v) is 8.57. The average molecular weight is 349 g/mol. The Hall–Kier alpha value is -2.41. The van der Waals surface area contributed by atoms with E-state index in [1.54, 1.807) is 7.05 Å². The number of hydrogen-bond acceptors (Lipinski definition) is 3. The molecule has 1 rings (SSSR count). The van der Waals surface area contributed by atoms with Crippen molar-refractivity contribution in [2.24, 2.45) is 0 Å². The SMILES string of the molecule is CCc1ccccc1NC(=O)CNC(=O)C[NH+](C)CC(=O)NC(C)C. The van der Waals surface area contributed by atoms with Crippen LogP contribution >= 0.6 is 0 Å². The molecular formula is C18H29N4O3+. The Labute approximate surface area is 149 Å². The van der Waals surface area contributed by atoms with Gasteiger partial charge in [0.15, 0.2) is 13.1 Å². The van der Waals surface area contributed by atoms with Crippen LogP contribution in [-0.4, -0.2) is 50.4 Å². The Kier molecular flexibility index (Phi) is 8.63. The summed E-state index contributed by atoms with van der Waals surface area (Å²) in [4.78, 5) is 36.3. The minimum Gasteiger partial charge on any atom is -0.349 e. The highest BCUT2D eigenvalue weighted by atomic mass is 16.2. The number of aryl methyl sites for hydroxylation is 1. The second-order valence-corrected chi connectivity index (χ2v) is 6.37. The predicted molar refractivity (Wildman–Crippen MR) is 97.4 cm³/mol. The quantitative estimate of drug-likeness (QED) is 0.477. The number of para-hydroxylation sites is 1. The first-order valence-electron chi connectivity index (χ1n) is 8.57. The van der Waals surface area contributed by atoms with Gasteiger partial charge in [0.1, 0.15) is 0 Å². The first kappa shape index (κ1) is 20.6. The van der Waals surface area contributed by atoms with E-state index in [1.165, 1.54) is 0 Å². The van der Waals surface area contributed by atoms with Crippen LogP contribution in [-0.2, 0) is 20.8 Å². The van der Waals surface area contributed by atoms with Gasteiger partial charge in [-0.15, -0.1) is 0 Å². The summed E-state index contributed by atoms with van der Waals surface area (Å²) in [6, 6.07) is 7.64. The van der Waals surface area contributed by atoms with Gasteiger partial charge in [-0.25, -0.2) is 0 Å². The summed E-state index contributed by atoms with van der Waals surface area (Å²) in [5.41, 5.74) is 1.81. The van der Waals surface area contributed by atoms with E-state index in [0.29, 0.717) is 0 Å². The Bertz CT molecular complexity index is 602. The van der Waals surface area contributed by atoms with Gasteiger partial charge in [-0.2, -0.15) is 0 Å². The molecule has 0 aliphatic heterocycles. The highest BCUT2D eigenvalue weighted by molar-refractivity contribution is 5.95. The van der Waals surface area contributed by atoms with Crippen LogP contribution in [0.3, 0.4) is 0 Å². The molecule has 3 amide bonds. The van der Waals surface area contributed by atoms with Crippen molar-refractivity contribution in [3.63, 3.8) is 0 Å². The lowest BCUT2D eigenvalue weighted by atomic mass is 10.1. The normalized spacial score (nSPS) is 11.7. The van der Waals surface area contributed by atoms with Gasteiger partial charge in [-0.3, -0.25) is 14.4 Å². The molecule has 0 aliphatic carbocycles. The molecule has 0 saturated carbocycles. The summed E-state index contributed by atoms with van der Waals surface area (Å²) < 4.78 is 0. The molecule has 4 N–H and O–H groups in total. The van der Waals surface area contributed by atoms with Crippen molar-refractivity contribution in [3.05, 3.63) is 29.8 Å². The molecule has 0 aromatic heterocycles. The van der Waals surface area contributed by atoms with Crippen LogP contribution in [0.25, 0.3) is 0 Å². The van der Waals surface area contributed by atoms with Gasteiger partial charge < -0.3 is 20.9 Å². The fraction of sp³-hybridized carbons (Fsp3) is 0.500. The molecule has 0 heterocycles. The van der Waals surface area contributed by atoms with Crippen LogP contribution < -0.4 is 20.9 Å². The van der Waals surface area contributed by atoms with E-state index in [0.717, 1.165) is 22.6 Å². The van der Waals surface area contributed by atoms with Crippen LogP contribution in [0.4, 0.5) is 5.69 Å². The maximum Gasteiger partial charge on any atom is 0.275 e. The van der Waals surface area contributed by atoms with E-state index < -0.39 is 0 Å². The summed E-state index contributed by atoms with van der Waals surface area (Å²) >= 11 is 0. The standard InChI is InChI=1S/C18H28N4O3/c1-5-14-8-6-7-9-15(14)21-16(23)10-19-17(24)11-22(4)12-18(25)20-13(2)3/h6-9,13H,5,10-12H2,1-4H3,(H,19,24)(H,20,25)(H,21,23)/p+1. The minimum atomic E-state index is -0.274. The number of carbonyl (C=O) groups is 3. The molecule has 0 radical (unpaired) electrons. The number of anilines is 1. The number of carbonyl (C=O) groups excluding carboxylic acids is 3. The Morgan fingerprint density at radius 1 is 1.04 bits per heavy atom. The van der Waals surface area contributed by atoms with Crippen molar-refractivity contribution in [2.75, 3.05) is 32.0 Å². The van der Waals surface area contributed by atoms with Gasteiger partial charge in [0.05, 0.1) is 13.6 Å². The summed E-state index contributed by atoms with van der Waals surface area (Å²) in [6.07, 6.45) is 0.815. The molecule has 25 heavy (non-hydrogen) atoms. The van der Waals surface area contributed by atoms with E-state index in [2.05, 4.69) is 16.0 Å². The first-order chi connectivity index (χ1) is 11.8. The van der Waals surface area contributed by atoms with E-state index >= 15 is 0 Å². The van der Waals surface area contributed by atoms with Crippen molar-refractivity contribution >= 4 is 23.4 Å². The smallest absolute Gasteiger partial charge is 0.275 e. The van der Waals surface area contributed by atoms with E-state index in [9.17, 15) is 14.4 Å². The second kappa shape index (κ2) is 10.5. The minimum absolute atomic E-state index is 0.0730. The van der Waals surface area contributed by atoms with E-state index in [1.807, 2.05) is 45.0 Å². The highest BCUT2D eigenvalue weighted by Gasteiger charge is 2.15. The molecule has 0 aliphatic rings. The number of benzene rings is 1.